The molecule has 0 fully saturated rings. The van der Waals surface area contributed by atoms with Gasteiger partial charge in [0.2, 0.25) is 0 Å². The summed E-state index contributed by atoms with van der Waals surface area (Å²) in [5.74, 6) is 0. The molecule has 0 aromatic rings. The van der Waals surface area contributed by atoms with Crippen molar-refractivity contribution in [1.29, 1.82) is 0 Å². The van der Waals surface area contributed by atoms with Gasteiger partial charge >= 0.3 is 40.0 Å². The SMILES string of the molecule is CCCCCCCCCCCOS(=O)(=O)OCC[O-].[Na+]. The predicted octanol–water partition coefficient (Wildman–Crippen LogP) is -0.840. The first-order valence-corrected chi connectivity index (χ1v) is 8.57. The van der Waals surface area contributed by atoms with Crippen molar-refractivity contribution < 1.29 is 51.4 Å². The van der Waals surface area contributed by atoms with Gasteiger partial charge in [-0.05, 0) is 6.42 Å². The van der Waals surface area contributed by atoms with Crippen LogP contribution in [0, 0.1) is 0 Å². The van der Waals surface area contributed by atoms with E-state index in [4.69, 9.17) is 0 Å². The fourth-order valence-electron chi connectivity index (χ4n) is 1.74. The Bertz CT molecular complexity index is 282. The van der Waals surface area contributed by atoms with E-state index in [-0.39, 0.29) is 42.8 Å². The largest absolute Gasteiger partial charge is 1.00 e. The number of rotatable bonds is 14. The van der Waals surface area contributed by atoms with Gasteiger partial charge in [-0.2, -0.15) is 8.42 Å². The Labute approximate surface area is 146 Å². The zero-order valence-electron chi connectivity index (χ0n) is 12.9. The Morgan fingerprint density at radius 1 is 0.800 bits per heavy atom. The summed E-state index contributed by atoms with van der Waals surface area (Å²) in [6, 6.07) is 0. The molecular weight excluding hydrogens is 291 g/mol. The van der Waals surface area contributed by atoms with Crippen LogP contribution in [0.2, 0.25) is 0 Å². The molecule has 0 atom stereocenters. The Balaban J connectivity index is 0. The van der Waals surface area contributed by atoms with E-state index >= 15 is 0 Å². The summed E-state index contributed by atoms with van der Waals surface area (Å²) in [6.07, 6.45) is 10.4. The van der Waals surface area contributed by atoms with Gasteiger partial charge in [-0.1, -0.05) is 58.3 Å². The molecule has 20 heavy (non-hydrogen) atoms. The average Bonchev–Trinajstić information content (AvgIpc) is 2.38. The minimum absolute atomic E-state index is 0. The van der Waals surface area contributed by atoms with E-state index in [1.54, 1.807) is 0 Å². The third-order valence-electron chi connectivity index (χ3n) is 2.79. The van der Waals surface area contributed by atoms with Crippen molar-refractivity contribution in [3.05, 3.63) is 0 Å². The fourth-order valence-corrected chi connectivity index (χ4v) is 2.41. The van der Waals surface area contributed by atoms with Crippen molar-refractivity contribution in [2.24, 2.45) is 0 Å². The number of unbranched alkanes of at least 4 members (excludes halogenated alkanes) is 8. The first-order valence-electron chi connectivity index (χ1n) is 7.24. The van der Waals surface area contributed by atoms with Crippen molar-refractivity contribution in [3.8, 4) is 0 Å². The van der Waals surface area contributed by atoms with Crippen molar-refractivity contribution in [1.82, 2.24) is 0 Å². The van der Waals surface area contributed by atoms with Crippen LogP contribution in [0.15, 0.2) is 0 Å². The van der Waals surface area contributed by atoms with Gasteiger partial charge in [0, 0.05) is 0 Å². The van der Waals surface area contributed by atoms with Crippen LogP contribution in [0.5, 0.6) is 0 Å². The molecule has 0 N–H and O–H groups in total. The van der Waals surface area contributed by atoms with Gasteiger partial charge in [0.05, 0.1) is 13.2 Å². The average molecular weight is 318 g/mol. The summed E-state index contributed by atoms with van der Waals surface area (Å²) in [4.78, 5) is 0. The predicted molar refractivity (Wildman–Crippen MR) is 72.9 cm³/mol. The Hall–Kier alpha value is 0.830. The normalized spacial score (nSPS) is 11.3. The molecule has 0 rings (SSSR count). The second-order valence-corrected chi connectivity index (χ2v) is 5.87. The molecule has 5 nitrogen and oxygen atoms in total. The molecule has 116 valence electrons. The number of hydrogen-bond acceptors (Lipinski definition) is 5. The first-order chi connectivity index (χ1) is 9.12. The van der Waals surface area contributed by atoms with Crippen molar-refractivity contribution >= 4 is 10.4 Å². The zero-order valence-corrected chi connectivity index (χ0v) is 15.8. The molecule has 7 heteroatoms. The summed E-state index contributed by atoms with van der Waals surface area (Å²) in [5, 5.41) is 10.1. The van der Waals surface area contributed by atoms with Gasteiger partial charge in [0.25, 0.3) is 0 Å². The van der Waals surface area contributed by atoms with E-state index in [2.05, 4.69) is 15.3 Å². The Morgan fingerprint density at radius 3 is 1.75 bits per heavy atom. The molecular formula is C13H27NaO5S. The van der Waals surface area contributed by atoms with Crippen LogP contribution < -0.4 is 34.7 Å². The van der Waals surface area contributed by atoms with Gasteiger partial charge in [-0.3, -0.25) is 0 Å². The van der Waals surface area contributed by atoms with Crippen LogP contribution in [0.4, 0.5) is 0 Å². The molecule has 0 aliphatic carbocycles. The second kappa shape index (κ2) is 16.2. The molecule has 0 aromatic carbocycles. The summed E-state index contributed by atoms with van der Waals surface area (Å²) in [6.45, 7) is 1.40. The van der Waals surface area contributed by atoms with Crippen LogP contribution in [0.3, 0.4) is 0 Å². The third-order valence-corrected chi connectivity index (χ3v) is 3.70. The van der Waals surface area contributed by atoms with E-state index in [0.29, 0.717) is 6.42 Å². The summed E-state index contributed by atoms with van der Waals surface area (Å²) in [5.41, 5.74) is 0. The van der Waals surface area contributed by atoms with Crippen LogP contribution in [-0.2, 0) is 18.8 Å². The minimum Gasteiger partial charge on any atom is -0.853 e. The molecule has 0 saturated carbocycles. The number of hydrogen-bond donors (Lipinski definition) is 0. The molecule has 0 radical (unpaired) electrons. The van der Waals surface area contributed by atoms with E-state index < -0.39 is 17.0 Å². The minimum atomic E-state index is -3.95. The van der Waals surface area contributed by atoms with Gasteiger partial charge in [0.15, 0.2) is 0 Å². The van der Waals surface area contributed by atoms with Crippen molar-refractivity contribution in [2.45, 2.75) is 64.7 Å². The summed E-state index contributed by atoms with van der Waals surface area (Å²) in [7, 11) is -3.95. The van der Waals surface area contributed by atoms with E-state index in [0.717, 1.165) is 12.8 Å². The van der Waals surface area contributed by atoms with E-state index in [1.165, 1.54) is 38.5 Å². The van der Waals surface area contributed by atoms with Gasteiger partial charge in [-0.15, -0.1) is 6.61 Å². The van der Waals surface area contributed by atoms with Crippen molar-refractivity contribution in [2.75, 3.05) is 19.8 Å². The monoisotopic (exact) mass is 318 g/mol. The van der Waals surface area contributed by atoms with E-state index in [9.17, 15) is 13.5 Å². The maximum atomic E-state index is 11.0. The second-order valence-electron chi connectivity index (χ2n) is 4.58. The first kappa shape index (κ1) is 23.1. The van der Waals surface area contributed by atoms with Gasteiger partial charge in [-0.25, -0.2) is 8.37 Å². The fraction of sp³-hybridized carbons (Fsp3) is 1.00. The van der Waals surface area contributed by atoms with Gasteiger partial charge in [0.1, 0.15) is 0 Å². The molecule has 0 amide bonds. The molecule has 0 bridgehead atoms. The zero-order chi connectivity index (χ0) is 14.4. The maximum absolute atomic E-state index is 11.0. The topological polar surface area (TPSA) is 75.7 Å². The van der Waals surface area contributed by atoms with Crippen LogP contribution in [0.1, 0.15) is 64.7 Å². The Kier molecular flexibility index (Phi) is 18.7. The summed E-state index contributed by atoms with van der Waals surface area (Å²) >= 11 is 0. The van der Waals surface area contributed by atoms with Crippen LogP contribution >= 0.6 is 0 Å². The molecule has 0 unspecified atom stereocenters. The summed E-state index contributed by atoms with van der Waals surface area (Å²) < 4.78 is 31.0. The quantitative estimate of drug-likeness (QED) is 0.308. The molecule has 0 aliphatic rings. The molecule has 0 spiro atoms. The standard InChI is InChI=1S/C13H27O5S.Na/c1-2-3-4-5-6-7-8-9-10-12-17-19(15,16)18-13-11-14;/h2-13H2,1H3;/q-1;+1. The molecule has 0 heterocycles. The van der Waals surface area contributed by atoms with Crippen molar-refractivity contribution in [3.63, 3.8) is 0 Å². The van der Waals surface area contributed by atoms with Gasteiger partial charge < -0.3 is 5.11 Å². The maximum Gasteiger partial charge on any atom is 1.00 e. The van der Waals surface area contributed by atoms with Crippen LogP contribution in [-0.4, -0.2) is 28.2 Å². The molecule has 0 aliphatic heterocycles. The molecule has 0 aromatic heterocycles. The molecule has 0 saturated heterocycles. The van der Waals surface area contributed by atoms with Crippen LogP contribution in [0.25, 0.3) is 0 Å². The smallest absolute Gasteiger partial charge is 0.853 e. The third kappa shape index (κ3) is 16.9. The Morgan fingerprint density at radius 2 is 1.25 bits per heavy atom. The van der Waals surface area contributed by atoms with E-state index in [1.807, 2.05) is 0 Å².